The molecule has 0 fully saturated rings. The molecule has 0 spiro atoms. The van der Waals surface area contributed by atoms with Crippen molar-refractivity contribution in [1.82, 2.24) is 25.5 Å². The number of aromatic nitrogens is 4. The minimum absolute atomic E-state index is 0.0371. The zero-order valence-electron chi connectivity index (χ0n) is 27.4. The van der Waals surface area contributed by atoms with Crippen LogP contribution in [0.1, 0.15) is 54.7 Å². The summed E-state index contributed by atoms with van der Waals surface area (Å²) in [5.74, 6) is -3.75. The second-order valence-electron chi connectivity index (χ2n) is 12.6. The average molecular weight is 690 g/mol. The number of nitrogens with one attached hydrogen (secondary N) is 3. The van der Waals surface area contributed by atoms with Crippen LogP contribution >= 0.6 is 11.6 Å². The summed E-state index contributed by atoms with van der Waals surface area (Å²) in [5, 5.41) is 28.7. The number of amides is 3. The van der Waals surface area contributed by atoms with Gasteiger partial charge in [0.05, 0.1) is 16.9 Å². The van der Waals surface area contributed by atoms with Gasteiger partial charge in [-0.2, -0.15) is 4.68 Å². The molecule has 0 aliphatic heterocycles. The van der Waals surface area contributed by atoms with Gasteiger partial charge in [-0.15, -0.1) is 5.10 Å². The first-order chi connectivity index (χ1) is 23.3. The first kappa shape index (κ1) is 36.7. The zero-order valence-corrected chi connectivity index (χ0v) is 28.1. The minimum Gasteiger partial charge on any atom is -0.478 e. The van der Waals surface area contributed by atoms with Crippen LogP contribution in [0.3, 0.4) is 0 Å². The number of nitrogens with two attached hydrogens (primary N) is 2. The molecule has 0 unspecified atom stereocenters. The van der Waals surface area contributed by atoms with E-state index >= 15 is 0 Å². The summed E-state index contributed by atoms with van der Waals surface area (Å²) in [6, 6.07) is 18.0. The molecule has 14 nitrogen and oxygen atoms in total. The van der Waals surface area contributed by atoms with Crippen molar-refractivity contribution in [2.24, 2.45) is 28.7 Å². The average Bonchev–Trinajstić information content (AvgIpc) is 3.61. The molecular formula is C34H40ClN9O5. The van der Waals surface area contributed by atoms with Gasteiger partial charge in [-0.3, -0.25) is 14.4 Å². The van der Waals surface area contributed by atoms with Gasteiger partial charge in [-0.1, -0.05) is 56.6 Å². The van der Waals surface area contributed by atoms with E-state index in [0.717, 1.165) is 17.5 Å². The van der Waals surface area contributed by atoms with Crippen LogP contribution in [0.5, 0.6) is 0 Å². The smallest absolute Gasteiger partial charge is 0.335 e. The Morgan fingerprint density at radius 2 is 1.67 bits per heavy atom. The molecule has 4 aromatic rings. The summed E-state index contributed by atoms with van der Waals surface area (Å²) in [5.41, 5.74) is 14.2. The lowest BCUT2D eigenvalue weighted by atomic mass is 9.74. The highest BCUT2D eigenvalue weighted by atomic mass is 35.5. The predicted octanol–water partition coefficient (Wildman–Crippen LogP) is 3.58. The second kappa shape index (κ2) is 16.3. The molecule has 0 aliphatic carbocycles. The van der Waals surface area contributed by atoms with Crippen LogP contribution in [-0.4, -0.2) is 62.1 Å². The normalized spacial score (nSPS) is 13.2. The maximum absolute atomic E-state index is 13.8. The standard InChI is InChI=1S/C34H40ClN9O5/c1-20(17-36)14-27(37)22-6-4-21(5-7-22)15-26(30(45)40-25-11-8-23(9-12-25)33(48)49)34(2,3)18-38-31(46)32(47)41-28-16-24(35)10-13-29(28)44-19-39-42-43-44/h4-13,16,19-20,26-27H,14-15,17-18,36-37H2,1-3H3,(H,38,46)(H,40,45)(H,41,47)(H,48,49)/t20-,26+,27-/m0/s1. The molecule has 3 amide bonds. The molecule has 4 rings (SSSR count). The van der Waals surface area contributed by atoms with Crippen molar-refractivity contribution in [2.45, 2.75) is 39.7 Å². The van der Waals surface area contributed by atoms with Crippen LogP contribution < -0.4 is 27.4 Å². The highest BCUT2D eigenvalue weighted by Gasteiger charge is 2.36. The van der Waals surface area contributed by atoms with E-state index in [-0.39, 0.29) is 35.7 Å². The molecule has 1 heterocycles. The van der Waals surface area contributed by atoms with E-state index in [4.69, 9.17) is 23.1 Å². The van der Waals surface area contributed by atoms with E-state index < -0.39 is 29.1 Å². The van der Waals surface area contributed by atoms with Crippen LogP contribution in [0.2, 0.25) is 5.02 Å². The van der Waals surface area contributed by atoms with Crippen molar-refractivity contribution in [2.75, 3.05) is 23.7 Å². The lowest BCUT2D eigenvalue weighted by molar-refractivity contribution is -0.136. The van der Waals surface area contributed by atoms with Crippen molar-refractivity contribution in [1.29, 1.82) is 0 Å². The third-order valence-corrected chi connectivity index (χ3v) is 8.51. The van der Waals surface area contributed by atoms with Crippen molar-refractivity contribution in [3.63, 3.8) is 0 Å². The van der Waals surface area contributed by atoms with E-state index in [1.54, 1.807) is 12.1 Å². The largest absolute Gasteiger partial charge is 0.478 e. The Kier molecular flexibility index (Phi) is 12.2. The number of anilines is 2. The molecule has 0 radical (unpaired) electrons. The number of rotatable bonds is 14. The number of tetrazole rings is 1. The highest BCUT2D eigenvalue weighted by molar-refractivity contribution is 6.40. The number of benzene rings is 3. The number of hydrogen-bond donors (Lipinski definition) is 6. The number of aromatic carboxylic acids is 1. The molecule has 0 saturated carbocycles. The van der Waals surface area contributed by atoms with Crippen molar-refractivity contribution < 1.29 is 24.3 Å². The molecule has 0 bridgehead atoms. The number of carboxylic acid groups (broad SMARTS) is 1. The van der Waals surface area contributed by atoms with Gasteiger partial charge in [0.2, 0.25) is 5.91 Å². The van der Waals surface area contributed by atoms with Gasteiger partial charge in [0.25, 0.3) is 0 Å². The monoisotopic (exact) mass is 689 g/mol. The van der Waals surface area contributed by atoms with Gasteiger partial charge in [0.15, 0.2) is 0 Å². The van der Waals surface area contributed by atoms with Gasteiger partial charge in [0.1, 0.15) is 6.33 Å². The topological polar surface area (TPSA) is 220 Å². The fourth-order valence-electron chi connectivity index (χ4n) is 5.22. The van der Waals surface area contributed by atoms with Crippen LogP contribution in [0.15, 0.2) is 73.1 Å². The molecule has 49 heavy (non-hydrogen) atoms. The number of carboxylic acids is 1. The van der Waals surface area contributed by atoms with Crippen LogP contribution in [-0.2, 0) is 20.8 Å². The molecule has 1 aromatic heterocycles. The molecule has 15 heteroatoms. The first-order valence-corrected chi connectivity index (χ1v) is 16.0. The summed E-state index contributed by atoms with van der Waals surface area (Å²) in [6.45, 7) is 6.17. The van der Waals surface area contributed by atoms with Crippen molar-refractivity contribution in [3.05, 3.63) is 94.8 Å². The van der Waals surface area contributed by atoms with Crippen molar-refractivity contribution >= 4 is 46.7 Å². The second-order valence-corrected chi connectivity index (χ2v) is 13.0. The Hall–Kier alpha value is -5.18. The van der Waals surface area contributed by atoms with E-state index in [1.807, 2.05) is 45.0 Å². The summed E-state index contributed by atoms with van der Waals surface area (Å²) >= 11 is 6.14. The Morgan fingerprint density at radius 1 is 0.980 bits per heavy atom. The number of carbonyl (C=O) groups excluding carboxylic acids is 3. The zero-order chi connectivity index (χ0) is 35.7. The summed E-state index contributed by atoms with van der Waals surface area (Å²) < 4.78 is 1.31. The molecule has 3 aromatic carbocycles. The number of hydrogen-bond acceptors (Lipinski definition) is 9. The molecule has 8 N–H and O–H groups in total. The molecule has 3 atom stereocenters. The van der Waals surface area contributed by atoms with E-state index in [1.165, 1.54) is 41.3 Å². The lowest BCUT2D eigenvalue weighted by Crippen LogP contribution is -2.46. The quantitative estimate of drug-likeness (QED) is 0.106. The van der Waals surface area contributed by atoms with Gasteiger partial charge in [-0.05, 0) is 94.7 Å². The molecule has 0 saturated heterocycles. The maximum Gasteiger partial charge on any atom is 0.335 e. The van der Waals surface area contributed by atoms with Crippen molar-refractivity contribution in [3.8, 4) is 5.69 Å². The van der Waals surface area contributed by atoms with E-state index in [2.05, 4.69) is 31.5 Å². The summed E-state index contributed by atoms with van der Waals surface area (Å²) in [7, 11) is 0. The lowest BCUT2D eigenvalue weighted by Gasteiger charge is -2.34. The Balaban J connectivity index is 1.50. The Morgan fingerprint density at radius 3 is 2.29 bits per heavy atom. The number of halogens is 1. The minimum atomic E-state index is -1.08. The molecule has 258 valence electrons. The predicted molar refractivity (Wildman–Crippen MR) is 185 cm³/mol. The number of carbonyl (C=O) groups is 4. The molecular weight excluding hydrogens is 650 g/mol. The fraction of sp³-hybridized carbons (Fsp3) is 0.324. The van der Waals surface area contributed by atoms with Gasteiger partial charge >= 0.3 is 17.8 Å². The first-order valence-electron chi connectivity index (χ1n) is 15.6. The highest BCUT2D eigenvalue weighted by Crippen LogP contribution is 2.32. The van der Waals surface area contributed by atoms with E-state index in [0.29, 0.717) is 29.4 Å². The molecule has 0 aliphatic rings. The van der Waals surface area contributed by atoms with Gasteiger partial charge in [-0.25, -0.2) is 4.79 Å². The third-order valence-electron chi connectivity index (χ3n) is 8.28. The summed E-state index contributed by atoms with van der Waals surface area (Å²) in [6.07, 6.45) is 2.36. The van der Waals surface area contributed by atoms with Crippen LogP contribution in [0, 0.1) is 17.3 Å². The maximum atomic E-state index is 13.8. The SMILES string of the molecule is C[C@H](CN)C[C@H](N)c1ccc(C[C@H](C(=O)Nc2ccc(C(=O)O)cc2)C(C)(C)CNC(=O)C(=O)Nc2cc(Cl)ccc2-n2cnnn2)cc1. The number of nitrogens with zero attached hydrogens (tertiary/aromatic N) is 4. The van der Waals surface area contributed by atoms with Gasteiger partial charge in [0, 0.05) is 29.2 Å². The van der Waals surface area contributed by atoms with Crippen LogP contribution in [0.4, 0.5) is 11.4 Å². The van der Waals surface area contributed by atoms with Crippen LogP contribution in [0.25, 0.3) is 5.69 Å². The van der Waals surface area contributed by atoms with E-state index in [9.17, 15) is 24.3 Å². The van der Waals surface area contributed by atoms with Gasteiger partial charge < -0.3 is 32.5 Å². The third kappa shape index (κ3) is 9.92. The Bertz CT molecular complexity index is 1760. The Labute approximate surface area is 288 Å². The summed E-state index contributed by atoms with van der Waals surface area (Å²) in [4.78, 5) is 51.1. The fourth-order valence-corrected chi connectivity index (χ4v) is 5.39.